The molecule has 0 N–H and O–H groups in total. The Labute approximate surface area is 202 Å². The number of ether oxygens (including phenoxy) is 2. The van der Waals surface area contributed by atoms with E-state index in [4.69, 9.17) is 9.47 Å². The highest BCUT2D eigenvalue weighted by atomic mass is 79.9. The number of halogens is 1. The number of hydrogen-bond donors (Lipinski definition) is 0. The van der Waals surface area contributed by atoms with Crippen molar-refractivity contribution >= 4 is 21.9 Å². The van der Waals surface area contributed by atoms with Gasteiger partial charge in [0.05, 0.1) is 17.9 Å². The van der Waals surface area contributed by atoms with Crippen LogP contribution in [0.5, 0.6) is 5.75 Å². The molecule has 3 aromatic carbocycles. The van der Waals surface area contributed by atoms with Gasteiger partial charge in [-0.15, -0.1) is 0 Å². The van der Waals surface area contributed by atoms with E-state index >= 15 is 0 Å². The molecule has 0 saturated heterocycles. The molecular formula is C28H26BrNO3. The smallest absolute Gasteiger partial charge is 0.338 e. The largest absolute Gasteiger partial charge is 0.488 e. The Hall–Kier alpha value is -3.31. The summed E-state index contributed by atoms with van der Waals surface area (Å²) in [6.45, 7) is 6.77. The monoisotopic (exact) mass is 503 g/mol. The minimum absolute atomic E-state index is 0.324. The molecule has 4 nitrogen and oxygen atoms in total. The zero-order valence-electron chi connectivity index (χ0n) is 19.0. The van der Waals surface area contributed by atoms with Crippen LogP contribution in [0.2, 0.25) is 0 Å². The number of aromatic nitrogens is 1. The average molecular weight is 504 g/mol. The van der Waals surface area contributed by atoms with Crippen LogP contribution in [-0.2, 0) is 11.3 Å². The molecule has 4 rings (SSSR count). The SMILES string of the molecule is CCOC(=O)c1cccc(-n2c(C)ccc2-c2cc(Br)ccc2OCc2ccccc2C)c1. The van der Waals surface area contributed by atoms with Crippen molar-refractivity contribution in [1.29, 1.82) is 0 Å². The van der Waals surface area contributed by atoms with Gasteiger partial charge in [0.2, 0.25) is 0 Å². The summed E-state index contributed by atoms with van der Waals surface area (Å²) in [6, 6.07) is 25.9. The molecule has 5 heteroatoms. The highest BCUT2D eigenvalue weighted by molar-refractivity contribution is 9.10. The molecule has 1 heterocycles. The fraction of sp³-hybridized carbons (Fsp3) is 0.179. The van der Waals surface area contributed by atoms with Gasteiger partial charge in [0.25, 0.3) is 0 Å². The summed E-state index contributed by atoms with van der Waals surface area (Å²) in [4.78, 5) is 12.3. The lowest BCUT2D eigenvalue weighted by atomic mass is 10.1. The van der Waals surface area contributed by atoms with Crippen LogP contribution >= 0.6 is 15.9 Å². The molecule has 0 radical (unpaired) electrons. The summed E-state index contributed by atoms with van der Waals surface area (Å²) in [7, 11) is 0. The van der Waals surface area contributed by atoms with Crippen molar-refractivity contribution in [2.75, 3.05) is 6.61 Å². The molecule has 0 fully saturated rings. The van der Waals surface area contributed by atoms with Crippen molar-refractivity contribution in [2.24, 2.45) is 0 Å². The van der Waals surface area contributed by atoms with Crippen LogP contribution in [-0.4, -0.2) is 17.1 Å². The number of carbonyl (C=O) groups excluding carboxylic acids is 1. The second-order valence-electron chi connectivity index (χ2n) is 7.82. The van der Waals surface area contributed by atoms with Crippen molar-refractivity contribution < 1.29 is 14.3 Å². The Kier molecular flexibility index (Phi) is 6.99. The molecule has 0 unspecified atom stereocenters. The lowest BCUT2D eigenvalue weighted by Gasteiger charge is -2.17. The zero-order valence-corrected chi connectivity index (χ0v) is 20.6. The molecule has 0 saturated carbocycles. The molecule has 0 aliphatic heterocycles. The maximum absolute atomic E-state index is 12.3. The Morgan fingerprint density at radius 2 is 1.76 bits per heavy atom. The number of rotatable bonds is 7. The van der Waals surface area contributed by atoms with E-state index in [0.29, 0.717) is 18.8 Å². The topological polar surface area (TPSA) is 40.5 Å². The maximum Gasteiger partial charge on any atom is 0.338 e. The van der Waals surface area contributed by atoms with Crippen molar-refractivity contribution in [1.82, 2.24) is 4.57 Å². The molecule has 0 bridgehead atoms. The van der Waals surface area contributed by atoms with Crippen molar-refractivity contribution in [3.05, 3.63) is 106 Å². The Bertz CT molecular complexity index is 1290. The van der Waals surface area contributed by atoms with Crippen LogP contribution in [0.3, 0.4) is 0 Å². The minimum Gasteiger partial charge on any atom is -0.488 e. The lowest BCUT2D eigenvalue weighted by Crippen LogP contribution is -2.07. The van der Waals surface area contributed by atoms with E-state index in [0.717, 1.165) is 38.4 Å². The molecule has 0 aliphatic carbocycles. The molecule has 0 amide bonds. The van der Waals surface area contributed by atoms with Gasteiger partial charge >= 0.3 is 5.97 Å². The summed E-state index contributed by atoms with van der Waals surface area (Å²) in [6.07, 6.45) is 0. The molecule has 168 valence electrons. The molecule has 0 aliphatic rings. The van der Waals surface area contributed by atoms with E-state index in [1.54, 1.807) is 6.07 Å². The van der Waals surface area contributed by atoms with E-state index in [1.165, 1.54) is 5.56 Å². The third-order valence-electron chi connectivity index (χ3n) is 5.55. The van der Waals surface area contributed by atoms with E-state index in [2.05, 4.69) is 57.8 Å². The molecule has 1 aromatic heterocycles. The van der Waals surface area contributed by atoms with Crippen LogP contribution in [0.4, 0.5) is 0 Å². The van der Waals surface area contributed by atoms with Crippen molar-refractivity contribution in [2.45, 2.75) is 27.4 Å². The van der Waals surface area contributed by atoms with E-state index < -0.39 is 0 Å². The summed E-state index contributed by atoms with van der Waals surface area (Å²) < 4.78 is 14.6. The van der Waals surface area contributed by atoms with Gasteiger partial charge in [-0.25, -0.2) is 4.79 Å². The zero-order chi connectivity index (χ0) is 23.4. The normalized spacial score (nSPS) is 10.8. The number of carbonyl (C=O) groups is 1. The number of nitrogens with zero attached hydrogens (tertiary/aromatic N) is 1. The van der Waals surface area contributed by atoms with Gasteiger partial charge in [-0.2, -0.15) is 0 Å². The van der Waals surface area contributed by atoms with Gasteiger partial charge in [-0.1, -0.05) is 46.3 Å². The molecule has 0 spiro atoms. The van der Waals surface area contributed by atoms with E-state index in [1.807, 2.05) is 56.3 Å². The van der Waals surface area contributed by atoms with Gasteiger partial charge in [0.1, 0.15) is 12.4 Å². The summed E-state index contributed by atoms with van der Waals surface area (Å²) in [5.74, 6) is 0.470. The first kappa shape index (κ1) is 22.9. The summed E-state index contributed by atoms with van der Waals surface area (Å²) in [5.41, 5.74) is 6.77. The summed E-state index contributed by atoms with van der Waals surface area (Å²) >= 11 is 3.61. The number of hydrogen-bond acceptors (Lipinski definition) is 3. The number of benzene rings is 3. The summed E-state index contributed by atoms with van der Waals surface area (Å²) in [5, 5.41) is 0. The second kappa shape index (κ2) is 10.1. The first-order chi connectivity index (χ1) is 16.0. The first-order valence-corrected chi connectivity index (χ1v) is 11.7. The van der Waals surface area contributed by atoms with Crippen LogP contribution in [0, 0.1) is 13.8 Å². The van der Waals surface area contributed by atoms with E-state index in [-0.39, 0.29) is 5.97 Å². The first-order valence-electron chi connectivity index (χ1n) is 10.9. The lowest BCUT2D eigenvalue weighted by molar-refractivity contribution is 0.0526. The Morgan fingerprint density at radius 1 is 0.939 bits per heavy atom. The number of aryl methyl sites for hydroxylation is 2. The van der Waals surface area contributed by atoms with Crippen molar-refractivity contribution in [3.8, 4) is 22.7 Å². The molecule has 0 atom stereocenters. The Morgan fingerprint density at radius 3 is 2.55 bits per heavy atom. The fourth-order valence-electron chi connectivity index (χ4n) is 3.83. The van der Waals surface area contributed by atoms with Crippen LogP contribution in [0.25, 0.3) is 16.9 Å². The standard InChI is InChI=1S/C28H26BrNO3/c1-4-32-28(31)21-10-7-11-24(16-21)30-20(3)12-14-26(30)25-17-23(29)13-15-27(25)33-18-22-9-6-5-8-19(22)2/h5-17H,4,18H2,1-3H3. The molecular weight excluding hydrogens is 478 g/mol. The van der Waals surface area contributed by atoms with Gasteiger partial charge in [0, 0.05) is 21.4 Å². The van der Waals surface area contributed by atoms with Crippen LogP contribution in [0.15, 0.2) is 83.3 Å². The predicted octanol–water partition coefficient (Wildman–Crippen LogP) is 7.28. The molecule has 33 heavy (non-hydrogen) atoms. The van der Waals surface area contributed by atoms with Gasteiger partial charge in [0.15, 0.2) is 0 Å². The fourth-order valence-corrected chi connectivity index (χ4v) is 4.19. The molecule has 4 aromatic rings. The van der Waals surface area contributed by atoms with Gasteiger partial charge in [-0.3, -0.25) is 0 Å². The van der Waals surface area contributed by atoms with Gasteiger partial charge in [-0.05, 0) is 80.4 Å². The third-order valence-corrected chi connectivity index (χ3v) is 6.05. The number of esters is 1. The highest BCUT2D eigenvalue weighted by Gasteiger charge is 2.16. The highest BCUT2D eigenvalue weighted by Crippen LogP contribution is 2.36. The minimum atomic E-state index is -0.324. The van der Waals surface area contributed by atoms with Crippen LogP contribution < -0.4 is 4.74 Å². The Balaban J connectivity index is 1.74. The maximum atomic E-state index is 12.3. The van der Waals surface area contributed by atoms with E-state index in [9.17, 15) is 4.79 Å². The van der Waals surface area contributed by atoms with Crippen molar-refractivity contribution in [3.63, 3.8) is 0 Å². The predicted molar refractivity (Wildman–Crippen MR) is 135 cm³/mol. The third kappa shape index (κ3) is 5.04. The average Bonchev–Trinajstić information content (AvgIpc) is 3.20. The van der Waals surface area contributed by atoms with Crippen LogP contribution in [0.1, 0.15) is 34.1 Å². The van der Waals surface area contributed by atoms with Gasteiger partial charge < -0.3 is 14.0 Å². The quantitative estimate of drug-likeness (QED) is 0.249. The second-order valence-corrected chi connectivity index (χ2v) is 8.74.